The summed E-state index contributed by atoms with van der Waals surface area (Å²) in [6, 6.07) is 13.3. The van der Waals surface area contributed by atoms with Gasteiger partial charge in [-0.25, -0.2) is 14.6 Å². The number of hydrogen-bond donors (Lipinski definition) is 1. The third-order valence-electron chi connectivity index (χ3n) is 4.50. The van der Waals surface area contributed by atoms with Crippen molar-refractivity contribution in [2.45, 2.75) is 13.5 Å². The zero-order valence-electron chi connectivity index (χ0n) is 15.9. The molecule has 0 spiro atoms. The Morgan fingerprint density at radius 3 is 2.62 bits per heavy atom. The number of aromatic nitrogens is 4. The van der Waals surface area contributed by atoms with Crippen molar-refractivity contribution >= 4 is 38.7 Å². The van der Waals surface area contributed by atoms with E-state index in [9.17, 15) is 4.79 Å². The highest BCUT2D eigenvalue weighted by molar-refractivity contribution is 9.10. The Labute approximate surface area is 175 Å². The SMILES string of the molecule is COc1ccc(-c2ccnc3c2c(C)nn3CC(=O)Nc2ccc(Br)cn2)cc1. The van der Waals surface area contributed by atoms with Gasteiger partial charge in [-0.2, -0.15) is 5.10 Å². The summed E-state index contributed by atoms with van der Waals surface area (Å²) in [6.45, 7) is 1.96. The maximum atomic E-state index is 12.5. The van der Waals surface area contributed by atoms with Crippen molar-refractivity contribution in [2.75, 3.05) is 12.4 Å². The monoisotopic (exact) mass is 451 g/mol. The summed E-state index contributed by atoms with van der Waals surface area (Å²) in [5, 5.41) is 8.25. The number of aryl methyl sites for hydroxylation is 1. The van der Waals surface area contributed by atoms with E-state index in [1.54, 1.807) is 30.3 Å². The van der Waals surface area contributed by atoms with Crippen LogP contribution in [-0.4, -0.2) is 32.8 Å². The Morgan fingerprint density at radius 1 is 1.14 bits per heavy atom. The molecule has 7 nitrogen and oxygen atoms in total. The van der Waals surface area contributed by atoms with Gasteiger partial charge in [0.15, 0.2) is 5.65 Å². The van der Waals surface area contributed by atoms with Crippen LogP contribution in [0.1, 0.15) is 5.69 Å². The molecule has 0 bridgehead atoms. The van der Waals surface area contributed by atoms with Gasteiger partial charge < -0.3 is 10.1 Å². The maximum Gasteiger partial charge on any atom is 0.247 e. The zero-order chi connectivity index (χ0) is 20.4. The fourth-order valence-electron chi connectivity index (χ4n) is 3.17. The summed E-state index contributed by atoms with van der Waals surface area (Å²) < 4.78 is 7.70. The first-order chi connectivity index (χ1) is 14.0. The Kier molecular flexibility index (Phi) is 5.26. The van der Waals surface area contributed by atoms with Crippen LogP contribution in [0.3, 0.4) is 0 Å². The molecule has 0 saturated heterocycles. The molecule has 0 unspecified atom stereocenters. The highest BCUT2D eigenvalue weighted by Gasteiger charge is 2.16. The van der Waals surface area contributed by atoms with Crippen molar-refractivity contribution < 1.29 is 9.53 Å². The lowest BCUT2D eigenvalue weighted by molar-refractivity contribution is -0.116. The average Bonchev–Trinajstić information content (AvgIpc) is 3.05. The Balaban J connectivity index is 1.64. The van der Waals surface area contributed by atoms with Crippen molar-refractivity contribution in [3.63, 3.8) is 0 Å². The molecule has 3 heterocycles. The van der Waals surface area contributed by atoms with Crippen LogP contribution in [0.15, 0.2) is 59.3 Å². The third-order valence-corrected chi connectivity index (χ3v) is 4.97. The van der Waals surface area contributed by atoms with Crippen LogP contribution in [0.2, 0.25) is 0 Å². The van der Waals surface area contributed by atoms with E-state index in [2.05, 4.69) is 36.3 Å². The van der Waals surface area contributed by atoms with Crippen molar-refractivity contribution in [3.8, 4) is 16.9 Å². The summed E-state index contributed by atoms with van der Waals surface area (Å²) in [4.78, 5) is 21.1. The molecular formula is C21H18BrN5O2. The van der Waals surface area contributed by atoms with Crippen LogP contribution in [-0.2, 0) is 11.3 Å². The number of nitrogens with one attached hydrogen (secondary N) is 1. The van der Waals surface area contributed by atoms with Crippen molar-refractivity contribution in [1.82, 2.24) is 19.7 Å². The quantitative estimate of drug-likeness (QED) is 0.491. The predicted octanol–water partition coefficient (Wildman–Crippen LogP) is 4.21. The van der Waals surface area contributed by atoms with Crippen LogP contribution in [0.4, 0.5) is 5.82 Å². The number of carbonyl (C=O) groups excluding carboxylic acids is 1. The molecule has 8 heteroatoms. The minimum absolute atomic E-state index is 0.0428. The number of amides is 1. The molecule has 0 atom stereocenters. The van der Waals surface area contributed by atoms with Crippen LogP contribution >= 0.6 is 15.9 Å². The van der Waals surface area contributed by atoms with Gasteiger partial charge >= 0.3 is 0 Å². The number of benzene rings is 1. The molecule has 1 N–H and O–H groups in total. The Hall–Kier alpha value is -3.26. The van der Waals surface area contributed by atoms with E-state index in [4.69, 9.17) is 4.74 Å². The molecule has 4 aromatic rings. The molecule has 0 saturated carbocycles. The predicted molar refractivity (Wildman–Crippen MR) is 115 cm³/mol. The second-order valence-electron chi connectivity index (χ2n) is 6.44. The van der Waals surface area contributed by atoms with Gasteiger partial charge in [0, 0.05) is 22.3 Å². The van der Waals surface area contributed by atoms with Gasteiger partial charge in [-0.15, -0.1) is 0 Å². The molecule has 4 rings (SSSR count). The topological polar surface area (TPSA) is 81.9 Å². The van der Waals surface area contributed by atoms with Crippen LogP contribution in [0.25, 0.3) is 22.2 Å². The molecule has 0 aliphatic carbocycles. The van der Waals surface area contributed by atoms with Crippen molar-refractivity contribution in [2.24, 2.45) is 0 Å². The molecular weight excluding hydrogens is 434 g/mol. The Bertz CT molecular complexity index is 1170. The fraction of sp³-hybridized carbons (Fsp3) is 0.143. The normalized spacial score (nSPS) is 10.9. The second-order valence-corrected chi connectivity index (χ2v) is 7.35. The first kappa shape index (κ1) is 19.1. The molecule has 1 aromatic carbocycles. The fourth-order valence-corrected chi connectivity index (χ4v) is 3.41. The van der Waals surface area contributed by atoms with Crippen molar-refractivity contribution in [1.29, 1.82) is 0 Å². The molecule has 0 aliphatic heterocycles. The van der Waals surface area contributed by atoms with E-state index in [-0.39, 0.29) is 12.5 Å². The number of rotatable bonds is 5. The first-order valence-corrected chi connectivity index (χ1v) is 9.72. The standard InChI is InChI=1S/C21H18BrN5O2/c1-13-20-17(14-3-6-16(29-2)7-4-14)9-10-23-21(20)27(26-13)12-19(28)25-18-8-5-15(22)11-24-18/h3-11H,12H2,1-2H3,(H,24,25,28). The molecule has 29 heavy (non-hydrogen) atoms. The summed E-state index contributed by atoms with van der Waals surface area (Å²) in [7, 11) is 1.64. The summed E-state index contributed by atoms with van der Waals surface area (Å²) in [5.41, 5.74) is 3.52. The van der Waals surface area contributed by atoms with E-state index in [1.807, 2.05) is 43.3 Å². The van der Waals surface area contributed by atoms with Crippen LogP contribution in [0.5, 0.6) is 5.75 Å². The van der Waals surface area contributed by atoms with E-state index in [0.29, 0.717) is 11.5 Å². The molecule has 1 amide bonds. The number of fused-ring (bicyclic) bond motifs is 1. The van der Waals surface area contributed by atoms with Gasteiger partial charge in [-0.05, 0) is 64.3 Å². The number of anilines is 1. The summed E-state index contributed by atoms with van der Waals surface area (Å²) in [6.07, 6.45) is 3.36. The molecule has 146 valence electrons. The van der Waals surface area contributed by atoms with Gasteiger partial charge in [0.1, 0.15) is 18.1 Å². The molecule has 0 radical (unpaired) electrons. The van der Waals surface area contributed by atoms with Gasteiger partial charge in [0.2, 0.25) is 5.91 Å². The van der Waals surface area contributed by atoms with E-state index < -0.39 is 0 Å². The highest BCUT2D eigenvalue weighted by atomic mass is 79.9. The largest absolute Gasteiger partial charge is 0.497 e. The molecule has 3 aromatic heterocycles. The minimum atomic E-state index is -0.221. The number of pyridine rings is 2. The lowest BCUT2D eigenvalue weighted by atomic mass is 10.0. The van der Waals surface area contributed by atoms with E-state index in [0.717, 1.165) is 32.4 Å². The third kappa shape index (κ3) is 3.97. The number of hydrogen-bond acceptors (Lipinski definition) is 5. The summed E-state index contributed by atoms with van der Waals surface area (Å²) >= 11 is 3.32. The highest BCUT2D eigenvalue weighted by Crippen LogP contribution is 2.30. The number of halogens is 1. The average molecular weight is 452 g/mol. The number of methoxy groups -OCH3 is 1. The second kappa shape index (κ2) is 8.00. The first-order valence-electron chi connectivity index (χ1n) is 8.93. The number of nitrogens with zero attached hydrogens (tertiary/aromatic N) is 4. The molecule has 0 aliphatic rings. The van der Waals surface area contributed by atoms with Gasteiger partial charge in [0.25, 0.3) is 0 Å². The van der Waals surface area contributed by atoms with Crippen molar-refractivity contribution in [3.05, 3.63) is 65.0 Å². The maximum absolute atomic E-state index is 12.5. The molecule has 0 fully saturated rings. The minimum Gasteiger partial charge on any atom is -0.497 e. The Morgan fingerprint density at radius 2 is 1.93 bits per heavy atom. The van der Waals surface area contributed by atoms with Gasteiger partial charge in [-0.3, -0.25) is 4.79 Å². The van der Waals surface area contributed by atoms with E-state index >= 15 is 0 Å². The van der Waals surface area contributed by atoms with Crippen LogP contribution < -0.4 is 10.1 Å². The lowest BCUT2D eigenvalue weighted by Gasteiger charge is -2.07. The lowest BCUT2D eigenvalue weighted by Crippen LogP contribution is -2.20. The zero-order valence-corrected chi connectivity index (χ0v) is 17.5. The van der Waals surface area contributed by atoms with Crippen LogP contribution in [0, 0.1) is 6.92 Å². The number of carbonyl (C=O) groups is 1. The van der Waals surface area contributed by atoms with E-state index in [1.165, 1.54) is 0 Å². The number of ether oxygens (including phenoxy) is 1. The smallest absolute Gasteiger partial charge is 0.247 e. The summed E-state index contributed by atoms with van der Waals surface area (Å²) in [5.74, 6) is 1.06. The van der Waals surface area contributed by atoms with Gasteiger partial charge in [-0.1, -0.05) is 12.1 Å². The van der Waals surface area contributed by atoms with Gasteiger partial charge in [0.05, 0.1) is 12.8 Å².